The molecule has 0 atom stereocenters. The van der Waals surface area contributed by atoms with Crippen LogP contribution in [0.3, 0.4) is 0 Å². The van der Waals surface area contributed by atoms with Gasteiger partial charge in [0, 0.05) is 24.3 Å². The molecule has 2 aromatic rings. The summed E-state index contributed by atoms with van der Waals surface area (Å²) in [7, 11) is -3.76. The number of hydrogen-bond acceptors (Lipinski definition) is 4. The highest BCUT2D eigenvalue weighted by molar-refractivity contribution is 7.89. The summed E-state index contributed by atoms with van der Waals surface area (Å²) < 4.78 is 46.9. The van der Waals surface area contributed by atoms with Crippen molar-refractivity contribution in [3.63, 3.8) is 0 Å². The van der Waals surface area contributed by atoms with Crippen LogP contribution in [0.25, 0.3) is 0 Å². The zero-order chi connectivity index (χ0) is 21.0. The lowest BCUT2D eigenvalue weighted by atomic mass is 10.1. The molecule has 29 heavy (non-hydrogen) atoms. The lowest BCUT2D eigenvalue weighted by Gasteiger charge is -2.27. The first-order valence-corrected chi connectivity index (χ1v) is 11.1. The van der Waals surface area contributed by atoms with Crippen molar-refractivity contribution in [2.75, 3.05) is 25.0 Å². The van der Waals surface area contributed by atoms with Crippen LogP contribution in [0, 0.1) is 12.7 Å². The zero-order valence-electron chi connectivity index (χ0n) is 16.6. The van der Waals surface area contributed by atoms with Gasteiger partial charge in [-0.05, 0) is 62.6 Å². The fourth-order valence-corrected chi connectivity index (χ4v) is 5.02. The quantitative estimate of drug-likeness (QED) is 0.768. The Morgan fingerprint density at radius 3 is 2.55 bits per heavy atom. The Bertz CT molecular complexity index is 1000. The highest BCUT2D eigenvalue weighted by atomic mass is 32.2. The molecule has 0 aromatic heterocycles. The molecule has 1 N–H and O–H groups in total. The lowest BCUT2D eigenvalue weighted by Crippen LogP contribution is -2.35. The number of sulfonamides is 1. The number of aryl methyl sites for hydroxylation is 1. The number of piperidine rings is 1. The van der Waals surface area contributed by atoms with Crippen molar-refractivity contribution in [1.82, 2.24) is 4.31 Å². The van der Waals surface area contributed by atoms with Crippen LogP contribution >= 0.6 is 0 Å². The van der Waals surface area contributed by atoms with Crippen LogP contribution in [0.5, 0.6) is 5.75 Å². The van der Waals surface area contributed by atoms with Gasteiger partial charge in [0.25, 0.3) is 5.91 Å². The van der Waals surface area contributed by atoms with Gasteiger partial charge in [-0.3, -0.25) is 4.79 Å². The summed E-state index contributed by atoms with van der Waals surface area (Å²) in [6.45, 7) is 4.73. The maximum absolute atomic E-state index is 13.5. The van der Waals surface area contributed by atoms with Crippen molar-refractivity contribution in [3.8, 4) is 5.75 Å². The Labute approximate surface area is 170 Å². The summed E-state index contributed by atoms with van der Waals surface area (Å²) in [6.07, 6.45) is 2.64. The zero-order valence-corrected chi connectivity index (χ0v) is 17.4. The van der Waals surface area contributed by atoms with E-state index in [9.17, 15) is 17.6 Å². The van der Waals surface area contributed by atoms with Crippen LogP contribution < -0.4 is 10.1 Å². The normalized spacial score (nSPS) is 15.1. The summed E-state index contributed by atoms with van der Waals surface area (Å²) in [5.41, 5.74) is 1.12. The van der Waals surface area contributed by atoms with Crippen LogP contribution in [0.4, 0.5) is 10.1 Å². The Kier molecular flexibility index (Phi) is 6.54. The van der Waals surface area contributed by atoms with Gasteiger partial charge < -0.3 is 10.1 Å². The van der Waals surface area contributed by atoms with Gasteiger partial charge in [0.1, 0.15) is 16.5 Å². The number of hydrogen-bond donors (Lipinski definition) is 1. The van der Waals surface area contributed by atoms with Crippen molar-refractivity contribution >= 4 is 21.6 Å². The molecule has 0 bridgehead atoms. The fraction of sp³-hybridized carbons (Fsp3) is 0.381. The average Bonchev–Trinajstić information content (AvgIpc) is 2.71. The van der Waals surface area contributed by atoms with E-state index < -0.39 is 21.7 Å². The third kappa shape index (κ3) is 4.76. The molecule has 0 unspecified atom stereocenters. The number of benzene rings is 2. The molecule has 0 spiro atoms. The molecule has 0 aliphatic carbocycles. The van der Waals surface area contributed by atoms with Crippen molar-refractivity contribution in [1.29, 1.82) is 0 Å². The summed E-state index contributed by atoms with van der Waals surface area (Å²) in [5.74, 6) is -0.772. The highest BCUT2D eigenvalue weighted by Crippen LogP contribution is 2.31. The van der Waals surface area contributed by atoms with E-state index in [2.05, 4.69) is 5.32 Å². The van der Waals surface area contributed by atoms with Crippen molar-refractivity contribution in [2.45, 2.75) is 38.0 Å². The third-order valence-corrected chi connectivity index (χ3v) is 6.80. The SMILES string of the molecule is CCOc1ccc(NC(=O)c2cc(F)ccc2C)cc1S(=O)(=O)N1CCCCC1. The molecular formula is C21H25FN2O4S. The second-order valence-corrected chi connectivity index (χ2v) is 8.88. The summed E-state index contributed by atoms with van der Waals surface area (Å²) in [5, 5.41) is 2.67. The van der Waals surface area contributed by atoms with Gasteiger partial charge in [-0.2, -0.15) is 4.31 Å². The first kappa shape index (κ1) is 21.3. The second-order valence-electron chi connectivity index (χ2n) is 6.97. The van der Waals surface area contributed by atoms with Crippen LogP contribution in [-0.2, 0) is 10.0 Å². The first-order valence-electron chi connectivity index (χ1n) is 9.67. The van der Waals surface area contributed by atoms with Crippen LogP contribution in [0.1, 0.15) is 42.1 Å². The Morgan fingerprint density at radius 1 is 1.14 bits per heavy atom. The van der Waals surface area contributed by atoms with Gasteiger partial charge in [0.05, 0.1) is 6.61 Å². The number of carbonyl (C=O) groups is 1. The maximum Gasteiger partial charge on any atom is 0.256 e. The third-order valence-electron chi connectivity index (χ3n) is 4.88. The number of rotatable bonds is 6. The van der Waals surface area contributed by atoms with E-state index in [1.54, 1.807) is 19.9 Å². The number of ether oxygens (including phenoxy) is 1. The number of carbonyl (C=O) groups excluding carboxylic acids is 1. The Morgan fingerprint density at radius 2 is 1.86 bits per heavy atom. The largest absolute Gasteiger partial charge is 0.492 e. The van der Waals surface area contributed by atoms with E-state index in [0.29, 0.717) is 30.9 Å². The monoisotopic (exact) mass is 420 g/mol. The van der Waals surface area contributed by atoms with Crippen LogP contribution in [0.2, 0.25) is 0 Å². The number of nitrogens with zero attached hydrogens (tertiary/aromatic N) is 1. The minimum absolute atomic E-state index is 0.0232. The summed E-state index contributed by atoms with van der Waals surface area (Å²) >= 11 is 0. The molecule has 2 aromatic carbocycles. The smallest absolute Gasteiger partial charge is 0.256 e. The van der Waals surface area contributed by atoms with Gasteiger partial charge in [0.15, 0.2) is 0 Å². The van der Waals surface area contributed by atoms with E-state index in [4.69, 9.17) is 4.74 Å². The van der Waals surface area contributed by atoms with Crippen LogP contribution in [0.15, 0.2) is 41.3 Å². The molecule has 6 nitrogen and oxygen atoms in total. The van der Waals surface area contributed by atoms with Gasteiger partial charge in [-0.15, -0.1) is 0 Å². The molecule has 0 radical (unpaired) electrons. The van der Waals surface area contributed by atoms with Gasteiger partial charge >= 0.3 is 0 Å². The molecule has 3 rings (SSSR count). The number of amides is 1. The lowest BCUT2D eigenvalue weighted by molar-refractivity contribution is 0.102. The topological polar surface area (TPSA) is 75.7 Å². The van der Waals surface area contributed by atoms with Crippen molar-refractivity contribution in [2.24, 2.45) is 0 Å². The molecule has 1 fully saturated rings. The van der Waals surface area contributed by atoms with Crippen molar-refractivity contribution < 1.29 is 22.3 Å². The standard InChI is InChI=1S/C21H25FN2O4S/c1-3-28-19-10-9-17(23-21(25)18-13-16(22)8-7-15(18)2)14-20(19)29(26,27)24-11-5-4-6-12-24/h7-10,13-14H,3-6,11-12H2,1-2H3,(H,23,25). The van der Waals surface area contributed by atoms with Crippen LogP contribution in [-0.4, -0.2) is 38.3 Å². The number of halogens is 1. The molecule has 8 heteroatoms. The predicted octanol–water partition coefficient (Wildman–Crippen LogP) is 3.96. The molecule has 1 aliphatic rings. The van der Waals surface area contributed by atoms with E-state index in [1.165, 1.54) is 28.6 Å². The fourth-order valence-electron chi connectivity index (χ4n) is 3.34. The van der Waals surface area contributed by atoms with E-state index in [1.807, 2.05) is 0 Å². The van der Waals surface area contributed by atoms with Gasteiger partial charge in [-0.25, -0.2) is 12.8 Å². The maximum atomic E-state index is 13.5. The van der Waals surface area contributed by atoms with E-state index >= 15 is 0 Å². The van der Waals surface area contributed by atoms with E-state index in [0.717, 1.165) is 25.3 Å². The highest BCUT2D eigenvalue weighted by Gasteiger charge is 2.29. The molecule has 0 saturated carbocycles. The molecule has 1 saturated heterocycles. The Hall–Kier alpha value is -2.45. The van der Waals surface area contributed by atoms with Crippen molar-refractivity contribution in [3.05, 3.63) is 53.3 Å². The van der Waals surface area contributed by atoms with Gasteiger partial charge in [0.2, 0.25) is 10.0 Å². The van der Waals surface area contributed by atoms with E-state index in [-0.39, 0.29) is 16.2 Å². The predicted molar refractivity (Wildman–Crippen MR) is 109 cm³/mol. The molecular weight excluding hydrogens is 395 g/mol. The molecule has 1 heterocycles. The molecule has 1 aliphatic heterocycles. The second kappa shape index (κ2) is 8.92. The van der Waals surface area contributed by atoms with Gasteiger partial charge in [-0.1, -0.05) is 12.5 Å². The number of nitrogens with one attached hydrogen (secondary N) is 1. The Balaban J connectivity index is 1.94. The molecule has 1 amide bonds. The minimum atomic E-state index is -3.76. The first-order chi connectivity index (χ1) is 13.8. The number of anilines is 1. The summed E-state index contributed by atoms with van der Waals surface area (Å²) in [4.78, 5) is 12.6. The molecule has 156 valence electrons. The minimum Gasteiger partial charge on any atom is -0.492 e. The average molecular weight is 421 g/mol. The summed E-state index contributed by atoms with van der Waals surface area (Å²) in [6, 6.07) is 8.48.